The van der Waals surface area contributed by atoms with E-state index in [1.54, 1.807) is 0 Å². The van der Waals surface area contributed by atoms with Crippen molar-refractivity contribution in [1.29, 1.82) is 0 Å². The Bertz CT molecular complexity index is 198. The third-order valence-corrected chi connectivity index (χ3v) is 2.51. The molecule has 0 unspecified atom stereocenters. The third kappa shape index (κ3) is 4.80. The van der Waals surface area contributed by atoms with Gasteiger partial charge in [-0.25, -0.2) is 0 Å². The number of aldehydes is 1. The van der Waals surface area contributed by atoms with Crippen LogP contribution in [0.2, 0.25) is 0 Å². The molecule has 1 nitrogen and oxygen atoms in total. The van der Waals surface area contributed by atoms with Gasteiger partial charge in [-0.3, -0.25) is 0 Å². The summed E-state index contributed by atoms with van der Waals surface area (Å²) in [6.45, 7) is 0. The zero-order valence-corrected chi connectivity index (χ0v) is 8.56. The topological polar surface area (TPSA) is 17.1 Å². The van der Waals surface area contributed by atoms with Gasteiger partial charge in [-0.1, -0.05) is 55.7 Å². The molecule has 14 heavy (non-hydrogen) atoms. The number of hydrogen-bond acceptors (Lipinski definition) is 1. The van der Waals surface area contributed by atoms with E-state index in [0.29, 0.717) is 5.92 Å². The molecular formula is C13H18O. The highest BCUT2D eigenvalue weighted by molar-refractivity contribution is 5.53. The van der Waals surface area contributed by atoms with Crippen molar-refractivity contribution in [3.8, 4) is 0 Å². The lowest BCUT2D eigenvalue weighted by molar-refractivity contribution is -0.111. The molecule has 1 fully saturated rings. The van der Waals surface area contributed by atoms with E-state index in [9.17, 15) is 4.79 Å². The summed E-state index contributed by atoms with van der Waals surface area (Å²) in [6.07, 6.45) is 7.27. The summed E-state index contributed by atoms with van der Waals surface area (Å²) < 4.78 is 0. The minimum absolute atomic E-state index is 0.406. The van der Waals surface area contributed by atoms with E-state index in [4.69, 9.17) is 0 Å². The first-order valence-electron chi connectivity index (χ1n) is 5.39. The minimum atomic E-state index is 0.406. The fraction of sp³-hybridized carbons (Fsp3) is 0.462. The van der Waals surface area contributed by atoms with Crippen LogP contribution in [0.15, 0.2) is 36.4 Å². The molecule has 0 radical (unpaired) electrons. The second-order valence-corrected chi connectivity index (χ2v) is 3.69. The molecule has 0 saturated heterocycles. The molecule has 1 aliphatic carbocycles. The fourth-order valence-corrected chi connectivity index (χ4v) is 1.66. The number of carbonyl (C=O) groups excluding carboxylic acids is 1. The predicted molar refractivity (Wildman–Crippen MR) is 59.1 cm³/mol. The van der Waals surface area contributed by atoms with Gasteiger partial charge in [-0.05, 0) is 12.8 Å². The highest BCUT2D eigenvalue weighted by Gasteiger charge is 2.10. The fourth-order valence-electron chi connectivity index (χ4n) is 1.66. The summed E-state index contributed by atoms with van der Waals surface area (Å²) in [4.78, 5) is 10.2. The average Bonchev–Trinajstić information content (AvgIpc) is 2.33. The Morgan fingerprint density at radius 3 is 1.50 bits per heavy atom. The Morgan fingerprint density at radius 1 is 0.786 bits per heavy atom. The lowest BCUT2D eigenvalue weighted by atomic mass is 9.91. The van der Waals surface area contributed by atoms with Crippen LogP contribution in [0.5, 0.6) is 0 Å². The van der Waals surface area contributed by atoms with Gasteiger partial charge in [-0.2, -0.15) is 0 Å². The van der Waals surface area contributed by atoms with Crippen molar-refractivity contribution in [2.24, 2.45) is 5.92 Å². The van der Waals surface area contributed by atoms with E-state index >= 15 is 0 Å². The second kappa shape index (κ2) is 7.31. The van der Waals surface area contributed by atoms with Crippen molar-refractivity contribution in [2.45, 2.75) is 32.1 Å². The van der Waals surface area contributed by atoms with Crippen LogP contribution >= 0.6 is 0 Å². The molecule has 0 amide bonds. The van der Waals surface area contributed by atoms with Gasteiger partial charge in [-0.15, -0.1) is 0 Å². The van der Waals surface area contributed by atoms with Crippen molar-refractivity contribution in [3.63, 3.8) is 0 Å². The summed E-state index contributed by atoms with van der Waals surface area (Å²) in [5.41, 5.74) is 0. The first-order valence-corrected chi connectivity index (χ1v) is 5.39. The number of carbonyl (C=O) groups is 1. The van der Waals surface area contributed by atoms with Crippen molar-refractivity contribution in [2.75, 3.05) is 0 Å². The summed E-state index contributed by atoms with van der Waals surface area (Å²) in [6, 6.07) is 12.0. The Morgan fingerprint density at radius 2 is 1.21 bits per heavy atom. The van der Waals surface area contributed by atoms with Crippen molar-refractivity contribution < 1.29 is 4.79 Å². The molecule has 0 aliphatic heterocycles. The van der Waals surface area contributed by atoms with Crippen LogP contribution < -0.4 is 0 Å². The molecule has 0 atom stereocenters. The summed E-state index contributed by atoms with van der Waals surface area (Å²) in [5.74, 6) is 0.406. The SMILES string of the molecule is O=CC1CCCCC1.c1ccccc1. The molecule has 0 heterocycles. The Kier molecular flexibility index (Phi) is 5.73. The highest BCUT2D eigenvalue weighted by Crippen LogP contribution is 2.21. The third-order valence-electron chi connectivity index (χ3n) is 2.51. The number of hydrogen-bond donors (Lipinski definition) is 0. The summed E-state index contributed by atoms with van der Waals surface area (Å²) in [5, 5.41) is 0. The lowest BCUT2D eigenvalue weighted by Crippen LogP contribution is -2.06. The van der Waals surface area contributed by atoms with E-state index < -0.39 is 0 Å². The average molecular weight is 190 g/mol. The summed E-state index contributed by atoms with van der Waals surface area (Å²) >= 11 is 0. The van der Waals surface area contributed by atoms with E-state index in [1.165, 1.54) is 19.3 Å². The van der Waals surface area contributed by atoms with Gasteiger partial charge in [0.25, 0.3) is 0 Å². The quantitative estimate of drug-likeness (QED) is 0.620. The molecule has 1 aromatic carbocycles. The van der Waals surface area contributed by atoms with Gasteiger partial charge in [0.2, 0.25) is 0 Å². The van der Waals surface area contributed by atoms with Crippen molar-refractivity contribution >= 4 is 6.29 Å². The Labute approximate surface area is 86.1 Å². The molecule has 76 valence electrons. The molecule has 1 heteroatoms. The molecule has 1 aromatic rings. The first kappa shape index (κ1) is 11.0. The van der Waals surface area contributed by atoms with Gasteiger partial charge in [0.15, 0.2) is 0 Å². The second-order valence-electron chi connectivity index (χ2n) is 3.69. The molecule has 1 aliphatic rings. The Hall–Kier alpha value is -1.11. The van der Waals surface area contributed by atoms with Crippen LogP contribution in [0.25, 0.3) is 0 Å². The van der Waals surface area contributed by atoms with Gasteiger partial charge >= 0.3 is 0 Å². The van der Waals surface area contributed by atoms with E-state index in [2.05, 4.69) is 0 Å². The smallest absolute Gasteiger partial charge is 0.123 e. The predicted octanol–water partition coefficient (Wildman–Crippen LogP) is 3.45. The van der Waals surface area contributed by atoms with Crippen LogP contribution in [0, 0.1) is 5.92 Å². The Balaban J connectivity index is 0.000000146. The number of benzene rings is 1. The zero-order chi connectivity index (χ0) is 10.1. The minimum Gasteiger partial charge on any atom is -0.303 e. The largest absolute Gasteiger partial charge is 0.303 e. The van der Waals surface area contributed by atoms with Crippen LogP contribution in [0.3, 0.4) is 0 Å². The van der Waals surface area contributed by atoms with Crippen LogP contribution in [0.4, 0.5) is 0 Å². The maximum Gasteiger partial charge on any atom is 0.123 e. The van der Waals surface area contributed by atoms with Gasteiger partial charge in [0.1, 0.15) is 6.29 Å². The molecule has 0 bridgehead atoms. The van der Waals surface area contributed by atoms with Crippen LogP contribution in [0.1, 0.15) is 32.1 Å². The summed E-state index contributed by atoms with van der Waals surface area (Å²) in [7, 11) is 0. The van der Waals surface area contributed by atoms with Crippen LogP contribution in [-0.4, -0.2) is 6.29 Å². The maximum atomic E-state index is 10.2. The lowest BCUT2D eigenvalue weighted by Gasteiger charge is -2.14. The van der Waals surface area contributed by atoms with Crippen molar-refractivity contribution in [1.82, 2.24) is 0 Å². The van der Waals surface area contributed by atoms with Gasteiger partial charge in [0, 0.05) is 5.92 Å². The van der Waals surface area contributed by atoms with Gasteiger partial charge in [0.05, 0.1) is 0 Å². The van der Waals surface area contributed by atoms with E-state index in [0.717, 1.165) is 19.1 Å². The molecule has 0 spiro atoms. The molecule has 0 aromatic heterocycles. The molecule has 0 N–H and O–H groups in total. The maximum absolute atomic E-state index is 10.2. The molecule has 1 saturated carbocycles. The van der Waals surface area contributed by atoms with E-state index in [-0.39, 0.29) is 0 Å². The standard InChI is InChI=1S/C7H12O.C6H6/c8-6-7-4-2-1-3-5-7;1-2-4-6-5-3-1/h6-7H,1-5H2;1-6H. The first-order chi connectivity index (χ1) is 6.93. The highest BCUT2D eigenvalue weighted by atomic mass is 16.1. The van der Waals surface area contributed by atoms with Crippen LogP contribution in [-0.2, 0) is 4.79 Å². The molecule has 2 rings (SSSR count). The monoisotopic (exact) mass is 190 g/mol. The van der Waals surface area contributed by atoms with Crippen molar-refractivity contribution in [3.05, 3.63) is 36.4 Å². The molecular weight excluding hydrogens is 172 g/mol. The van der Waals surface area contributed by atoms with Gasteiger partial charge < -0.3 is 4.79 Å². The van der Waals surface area contributed by atoms with E-state index in [1.807, 2.05) is 36.4 Å². The normalized spacial score (nSPS) is 16.6. The number of rotatable bonds is 1. The zero-order valence-electron chi connectivity index (χ0n) is 8.56.